The molecule has 0 radical (unpaired) electrons. The van der Waals surface area contributed by atoms with E-state index in [1.807, 2.05) is 12.1 Å². The zero-order chi connectivity index (χ0) is 10.9. The largest absolute Gasteiger partial charge is 0.387 e. The Morgan fingerprint density at radius 1 is 1.47 bits per heavy atom. The Morgan fingerprint density at radius 3 is 2.60 bits per heavy atom. The van der Waals surface area contributed by atoms with E-state index in [0.717, 1.165) is 21.5 Å². The van der Waals surface area contributed by atoms with E-state index in [-0.39, 0.29) is 11.5 Å². The predicted molar refractivity (Wildman–Crippen MR) is 66.9 cm³/mol. The molecule has 15 heavy (non-hydrogen) atoms. The van der Waals surface area contributed by atoms with E-state index < -0.39 is 0 Å². The second-order valence-electron chi connectivity index (χ2n) is 4.32. The minimum absolute atomic E-state index is 0.0652. The van der Waals surface area contributed by atoms with Gasteiger partial charge in [-0.3, -0.25) is 0 Å². The van der Waals surface area contributed by atoms with Crippen molar-refractivity contribution < 1.29 is 5.11 Å². The summed E-state index contributed by atoms with van der Waals surface area (Å²) in [5.41, 5.74) is 5.78. The maximum absolute atomic E-state index is 10.4. The molecule has 1 atom stereocenters. The van der Waals surface area contributed by atoms with Crippen molar-refractivity contribution in [1.29, 1.82) is 0 Å². The SMILES string of the molecule is NCC1(C(O)c2ccc(Br)s2)CCCC1. The van der Waals surface area contributed by atoms with E-state index in [2.05, 4.69) is 15.9 Å². The molecule has 1 aliphatic carbocycles. The van der Waals surface area contributed by atoms with E-state index >= 15 is 0 Å². The number of hydrogen-bond acceptors (Lipinski definition) is 3. The zero-order valence-electron chi connectivity index (χ0n) is 8.58. The lowest BCUT2D eigenvalue weighted by atomic mass is 9.80. The molecule has 1 heterocycles. The summed E-state index contributed by atoms with van der Waals surface area (Å²) in [6, 6.07) is 3.98. The first-order chi connectivity index (χ1) is 7.18. The van der Waals surface area contributed by atoms with Crippen LogP contribution in [0.15, 0.2) is 15.9 Å². The van der Waals surface area contributed by atoms with Crippen molar-refractivity contribution in [3.63, 3.8) is 0 Å². The Bertz CT molecular complexity index is 333. The second kappa shape index (κ2) is 4.53. The maximum atomic E-state index is 10.4. The molecular weight excluding hydrogens is 274 g/mol. The Balaban J connectivity index is 2.21. The summed E-state index contributed by atoms with van der Waals surface area (Å²) >= 11 is 5.03. The molecule has 1 aliphatic rings. The Hall–Kier alpha value is 0.1000. The normalized spacial score (nSPS) is 21.8. The number of rotatable bonds is 3. The van der Waals surface area contributed by atoms with Gasteiger partial charge in [-0.15, -0.1) is 11.3 Å². The number of thiophene rings is 1. The summed E-state index contributed by atoms with van der Waals surface area (Å²) in [4.78, 5) is 1.04. The highest BCUT2D eigenvalue weighted by Crippen LogP contribution is 2.48. The number of halogens is 1. The minimum Gasteiger partial charge on any atom is -0.387 e. The van der Waals surface area contributed by atoms with Crippen LogP contribution >= 0.6 is 27.3 Å². The topological polar surface area (TPSA) is 46.2 Å². The molecule has 84 valence electrons. The van der Waals surface area contributed by atoms with Crippen LogP contribution in [0.25, 0.3) is 0 Å². The maximum Gasteiger partial charge on any atom is 0.0950 e. The monoisotopic (exact) mass is 289 g/mol. The molecule has 2 rings (SSSR count). The third-order valence-corrected chi connectivity index (χ3v) is 5.13. The number of nitrogens with two attached hydrogens (primary N) is 1. The van der Waals surface area contributed by atoms with Crippen LogP contribution in [0, 0.1) is 5.41 Å². The van der Waals surface area contributed by atoms with Crippen molar-refractivity contribution >= 4 is 27.3 Å². The number of aliphatic hydroxyl groups excluding tert-OH is 1. The van der Waals surface area contributed by atoms with Gasteiger partial charge in [0.2, 0.25) is 0 Å². The summed E-state index contributed by atoms with van der Waals surface area (Å²) in [5.74, 6) is 0. The van der Waals surface area contributed by atoms with Gasteiger partial charge < -0.3 is 10.8 Å². The lowest BCUT2D eigenvalue weighted by Crippen LogP contribution is -2.33. The van der Waals surface area contributed by atoms with Crippen LogP contribution in [0.4, 0.5) is 0 Å². The first-order valence-corrected chi connectivity index (χ1v) is 6.92. The third-order valence-electron chi connectivity index (χ3n) is 3.45. The number of aliphatic hydroxyl groups is 1. The van der Waals surface area contributed by atoms with Crippen molar-refractivity contribution in [3.8, 4) is 0 Å². The minimum atomic E-state index is -0.388. The van der Waals surface area contributed by atoms with Gasteiger partial charge in [-0.1, -0.05) is 12.8 Å². The van der Waals surface area contributed by atoms with E-state index in [9.17, 15) is 5.11 Å². The van der Waals surface area contributed by atoms with Crippen molar-refractivity contribution in [2.45, 2.75) is 31.8 Å². The van der Waals surface area contributed by atoms with Crippen molar-refractivity contribution in [2.24, 2.45) is 11.1 Å². The number of hydrogen-bond donors (Lipinski definition) is 2. The van der Waals surface area contributed by atoms with Gasteiger partial charge in [0, 0.05) is 16.8 Å². The Kier molecular flexibility index (Phi) is 3.50. The summed E-state index contributed by atoms with van der Waals surface area (Å²) in [7, 11) is 0. The molecule has 1 fully saturated rings. The summed E-state index contributed by atoms with van der Waals surface area (Å²) in [6.07, 6.45) is 4.11. The zero-order valence-corrected chi connectivity index (χ0v) is 11.0. The molecule has 1 saturated carbocycles. The van der Waals surface area contributed by atoms with Gasteiger partial charge in [0.1, 0.15) is 0 Å². The Morgan fingerprint density at radius 2 is 2.13 bits per heavy atom. The third kappa shape index (κ3) is 2.13. The van der Waals surface area contributed by atoms with Crippen LogP contribution in [-0.4, -0.2) is 11.7 Å². The van der Waals surface area contributed by atoms with Crippen LogP contribution in [0.3, 0.4) is 0 Å². The van der Waals surface area contributed by atoms with Crippen molar-refractivity contribution in [1.82, 2.24) is 0 Å². The molecule has 3 N–H and O–H groups in total. The highest BCUT2D eigenvalue weighted by atomic mass is 79.9. The quantitative estimate of drug-likeness (QED) is 0.898. The van der Waals surface area contributed by atoms with E-state index in [1.54, 1.807) is 11.3 Å². The van der Waals surface area contributed by atoms with E-state index in [0.29, 0.717) is 6.54 Å². The standard InChI is InChI=1S/C11H16BrNOS/c12-9-4-3-8(15-9)10(14)11(7-13)5-1-2-6-11/h3-4,10,14H,1-2,5-7,13H2. The average molecular weight is 290 g/mol. The highest BCUT2D eigenvalue weighted by molar-refractivity contribution is 9.11. The summed E-state index contributed by atoms with van der Waals surface area (Å²) in [6.45, 7) is 0.587. The second-order valence-corrected chi connectivity index (χ2v) is 6.81. The van der Waals surface area contributed by atoms with Gasteiger partial charge in [-0.2, -0.15) is 0 Å². The van der Waals surface area contributed by atoms with Crippen LogP contribution in [-0.2, 0) is 0 Å². The first kappa shape index (κ1) is 11.6. The molecule has 2 nitrogen and oxygen atoms in total. The lowest BCUT2D eigenvalue weighted by molar-refractivity contribution is 0.0362. The predicted octanol–water partition coefficient (Wildman–Crippen LogP) is 3.06. The molecule has 0 spiro atoms. The van der Waals surface area contributed by atoms with E-state index in [4.69, 9.17) is 5.73 Å². The fourth-order valence-corrected chi connectivity index (χ4v) is 4.00. The smallest absolute Gasteiger partial charge is 0.0950 e. The molecule has 1 aromatic heterocycles. The fourth-order valence-electron chi connectivity index (χ4n) is 2.45. The van der Waals surface area contributed by atoms with Gasteiger partial charge in [0.25, 0.3) is 0 Å². The summed E-state index contributed by atoms with van der Waals surface area (Å²) < 4.78 is 1.07. The molecule has 0 bridgehead atoms. The van der Waals surface area contributed by atoms with Crippen molar-refractivity contribution in [2.75, 3.05) is 6.54 Å². The van der Waals surface area contributed by atoms with Crippen LogP contribution in [0.2, 0.25) is 0 Å². The first-order valence-electron chi connectivity index (χ1n) is 5.31. The van der Waals surface area contributed by atoms with Crippen LogP contribution < -0.4 is 5.73 Å². The fraction of sp³-hybridized carbons (Fsp3) is 0.636. The van der Waals surface area contributed by atoms with Gasteiger partial charge in [0.05, 0.1) is 9.89 Å². The van der Waals surface area contributed by atoms with E-state index in [1.165, 1.54) is 12.8 Å². The molecule has 0 saturated heterocycles. The molecule has 4 heteroatoms. The molecular formula is C11H16BrNOS. The highest BCUT2D eigenvalue weighted by Gasteiger charge is 2.40. The molecule has 0 aromatic carbocycles. The van der Waals surface area contributed by atoms with Crippen LogP contribution in [0.5, 0.6) is 0 Å². The van der Waals surface area contributed by atoms with Gasteiger partial charge in [0.15, 0.2) is 0 Å². The molecule has 0 amide bonds. The summed E-state index contributed by atoms with van der Waals surface area (Å²) in [5, 5.41) is 10.4. The molecule has 1 unspecified atom stereocenters. The average Bonchev–Trinajstić information content (AvgIpc) is 2.86. The Labute approximate surface area is 103 Å². The van der Waals surface area contributed by atoms with Crippen molar-refractivity contribution in [3.05, 3.63) is 20.8 Å². The molecule has 0 aliphatic heterocycles. The van der Waals surface area contributed by atoms with Gasteiger partial charge >= 0.3 is 0 Å². The van der Waals surface area contributed by atoms with Crippen LogP contribution in [0.1, 0.15) is 36.7 Å². The lowest BCUT2D eigenvalue weighted by Gasteiger charge is -2.32. The van der Waals surface area contributed by atoms with Gasteiger partial charge in [-0.25, -0.2) is 0 Å². The molecule has 1 aromatic rings. The van der Waals surface area contributed by atoms with Gasteiger partial charge in [-0.05, 0) is 40.9 Å².